The van der Waals surface area contributed by atoms with Crippen LogP contribution in [0, 0.1) is 13.8 Å². The van der Waals surface area contributed by atoms with Gasteiger partial charge in [-0.3, -0.25) is 4.68 Å². The second-order valence-electron chi connectivity index (χ2n) is 4.26. The lowest BCUT2D eigenvalue weighted by atomic mass is 10.3. The maximum Gasteiger partial charge on any atom is 0.203 e. The first-order valence-electron chi connectivity index (χ1n) is 5.87. The van der Waals surface area contributed by atoms with Gasteiger partial charge in [0.25, 0.3) is 0 Å². The highest BCUT2D eigenvalue weighted by molar-refractivity contribution is 5.31. The van der Waals surface area contributed by atoms with E-state index in [4.69, 9.17) is 0 Å². The zero-order valence-electron chi connectivity index (χ0n) is 10.9. The third-order valence-corrected chi connectivity index (χ3v) is 2.79. The lowest BCUT2D eigenvalue weighted by Crippen LogP contribution is -2.06. The molecular weight excluding hydrogens is 214 g/mol. The molecule has 0 aromatic carbocycles. The highest BCUT2D eigenvalue weighted by atomic mass is 15.3. The number of imidazole rings is 1. The summed E-state index contributed by atoms with van der Waals surface area (Å²) in [6.07, 6.45) is 4.09. The fourth-order valence-electron chi connectivity index (χ4n) is 1.93. The molecule has 0 aliphatic carbocycles. The molecule has 2 heterocycles. The van der Waals surface area contributed by atoms with E-state index in [-0.39, 0.29) is 0 Å². The standard InChI is InChI=1S/C12H19N5/c1-5-17-7-9(2)14-12(17)13-6-11-8-16(4)15-10(11)3/h7-8H,5-6H2,1-4H3,(H,13,14). The molecule has 0 saturated heterocycles. The third-order valence-electron chi connectivity index (χ3n) is 2.79. The number of aryl methyl sites for hydroxylation is 4. The van der Waals surface area contributed by atoms with Crippen molar-refractivity contribution in [2.75, 3.05) is 5.32 Å². The van der Waals surface area contributed by atoms with Gasteiger partial charge in [0.15, 0.2) is 0 Å². The van der Waals surface area contributed by atoms with Crippen LogP contribution in [0.15, 0.2) is 12.4 Å². The van der Waals surface area contributed by atoms with Crippen LogP contribution in [0.2, 0.25) is 0 Å². The minimum absolute atomic E-state index is 0.760. The van der Waals surface area contributed by atoms with Crippen molar-refractivity contribution in [2.45, 2.75) is 33.9 Å². The van der Waals surface area contributed by atoms with Gasteiger partial charge in [-0.15, -0.1) is 0 Å². The van der Waals surface area contributed by atoms with E-state index in [1.54, 1.807) is 0 Å². The van der Waals surface area contributed by atoms with E-state index in [0.29, 0.717) is 0 Å². The maximum atomic E-state index is 4.46. The molecule has 5 nitrogen and oxygen atoms in total. The van der Waals surface area contributed by atoms with E-state index in [9.17, 15) is 0 Å². The summed E-state index contributed by atoms with van der Waals surface area (Å²) in [6.45, 7) is 7.83. The Morgan fingerprint density at radius 1 is 1.29 bits per heavy atom. The first-order chi connectivity index (χ1) is 8.10. The summed E-state index contributed by atoms with van der Waals surface area (Å²) in [7, 11) is 1.94. The molecule has 0 spiro atoms. The smallest absolute Gasteiger partial charge is 0.203 e. The second kappa shape index (κ2) is 4.61. The van der Waals surface area contributed by atoms with Crippen LogP contribution in [0.1, 0.15) is 23.9 Å². The topological polar surface area (TPSA) is 47.7 Å². The Morgan fingerprint density at radius 2 is 2.06 bits per heavy atom. The van der Waals surface area contributed by atoms with Crippen molar-refractivity contribution in [3.05, 3.63) is 29.3 Å². The van der Waals surface area contributed by atoms with Gasteiger partial charge >= 0.3 is 0 Å². The summed E-state index contributed by atoms with van der Waals surface area (Å²) >= 11 is 0. The number of hydrogen-bond acceptors (Lipinski definition) is 3. The van der Waals surface area contributed by atoms with Crippen molar-refractivity contribution < 1.29 is 0 Å². The number of hydrogen-bond donors (Lipinski definition) is 1. The Kier molecular flexibility index (Phi) is 3.17. The predicted molar refractivity (Wildman–Crippen MR) is 67.9 cm³/mol. The van der Waals surface area contributed by atoms with E-state index in [1.807, 2.05) is 31.8 Å². The predicted octanol–water partition coefficient (Wildman–Crippen LogP) is 1.87. The molecule has 0 fully saturated rings. The first kappa shape index (κ1) is 11.7. The van der Waals surface area contributed by atoms with Crippen molar-refractivity contribution >= 4 is 5.95 Å². The summed E-state index contributed by atoms with van der Waals surface area (Å²) in [4.78, 5) is 4.46. The molecule has 5 heteroatoms. The van der Waals surface area contributed by atoms with Gasteiger partial charge in [0.05, 0.1) is 11.4 Å². The van der Waals surface area contributed by atoms with Crippen molar-refractivity contribution in [3.8, 4) is 0 Å². The quantitative estimate of drug-likeness (QED) is 0.877. The molecule has 0 radical (unpaired) electrons. The van der Waals surface area contributed by atoms with Crippen LogP contribution >= 0.6 is 0 Å². The molecule has 2 aromatic rings. The molecule has 2 rings (SSSR count). The van der Waals surface area contributed by atoms with Gasteiger partial charge in [-0.25, -0.2) is 4.98 Å². The lowest BCUT2D eigenvalue weighted by Gasteiger charge is -2.06. The number of nitrogens with one attached hydrogen (secondary N) is 1. The minimum Gasteiger partial charge on any atom is -0.351 e. The van der Waals surface area contributed by atoms with Gasteiger partial charge in [-0.05, 0) is 20.8 Å². The van der Waals surface area contributed by atoms with Crippen LogP contribution in [0.4, 0.5) is 5.95 Å². The molecular formula is C12H19N5. The monoisotopic (exact) mass is 233 g/mol. The second-order valence-corrected chi connectivity index (χ2v) is 4.26. The summed E-state index contributed by atoms with van der Waals surface area (Å²) in [5, 5.41) is 7.67. The molecule has 17 heavy (non-hydrogen) atoms. The summed E-state index contributed by atoms with van der Waals surface area (Å²) in [6, 6.07) is 0. The third kappa shape index (κ3) is 2.49. The Morgan fingerprint density at radius 3 is 2.65 bits per heavy atom. The molecule has 0 unspecified atom stereocenters. The zero-order chi connectivity index (χ0) is 12.4. The van der Waals surface area contributed by atoms with Crippen molar-refractivity contribution in [3.63, 3.8) is 0 Å². The van der Waals surface area contributed by atoms with Crippen LogP contribution in [0.25, 0.3) is 0 Å². The highest BCUT2D eigenvalue weighted by Gasteiger charge is 2.06. The van der Waals surface area contributed by atoms with Crippen molar-refractivity contribution in [2.24, 2.45) is 7.05 Å². The van der Waals surface area contributed by atoms with Gasteiger partial charge in [0, 0.05) is 38.1 Å². The Labute approximate surface area is 101 Å². The van der Waals surface area contributed by atoms with Crippen LogP contribution in [-0.2, 0) is 20.1 Å². The summed E-state index contributed by atoms with van der Waals surface area (Å²) < 4.78 is 3.95. The zero-order valence-corrected chi connectivity index (χ0v) is 10.9. The maximum absolute atomic E-state index is 4.46. The number of aromatic nitrogens is 4. The SMILES string of the molecule is CCn1cc(C)nc1NCc1cn(C)nc1C. The molecule has 0 aliphatic heterocycles. The van der Waals surface area contributed by atoms with Crippen LogP contribution in [0.5, 0.6) is 0 Å². The molecule has 1 N–H and O–H groups in total. The summed E-state index contributed by atoms with van der Waals surface area (Å²) in [5.41, 5.74) is 3.30. The van der Waals surface area contributed by atoms with E-state index in [0.717, 1.165) is 30.4 Å². The van der Waals surface area contributed by atoms with Gasteiger partial charge in [-0.2, -0.15) is 5.10 Å². The van der Waals surface area contributed by atoms with Crippen LogP contribution in [0.3, 0.4) is 0 Å². The van der Waals surface area contributed by atoms with E-state index in [1.165, 1.54) is 5.56 Å². The van der Waals surface area contributed by atoms with Gasteiger partial charge in [0.2, 0.25) is 5.95 Å². The van der Waals surface area contributed by atoms with E-state index >= 15 is 0 Å². The normalized spacial score (nSPS) is 10.8. The number of anilines is 1. The van der Waals surface area contributed by atoms with Crippen LogP contribution < -0.4 is 5.32 Å². The highest BCUT2D eigenvalue weighted by Crippen LogP contribution is 2.11. The number of rotatable bonds is 4. The molecule has 0 atom stereocenters. The molecule has 92 valence electrons. The fraction of sp³-hybridized carbons (Fsp3) is 0.500. The lowest BCUT2D eigenvalue weighted by molar-refractivity contribution is 0.756. The number of nitrogens with zero attached hydrogens (tertiary/aromatic N) is 4. The van der Waals surface area contributed by atoms with Gasteiger partial charge < -0.3 is 9.88 Å². The van der Waals surface area contributed by atoms with E-state index < -0.39 is 0 Å². The summed E-state index contributed by atoms with van der Waals surface area (Å²) in [5.74, 6) is 0.924. The largest absolute Gasteiger partial charge is 0.351 e. The first-order valence-corrected chi connectivity index (χ1v) is 5.87. The van der Waals surface area contributed by atoms with Crippen molar-refractivity contribution in [1.29, 1.82) is 0 Å². The fourth-order valence-corrected chi connectivity index (χ4v) is 1.93. The van der Waals surface area contributed by atoms with Gasteiger partial charge in [-0.1, -0.05) is 0 Å². The van der Waals surface area contributed by atoms with Crippen molar-refractivity contribution in [1.82, 2.24) is 19.3 Å². The molecule has 0 bridgehead atoms. The minimum atomic E-state index is 0.760. The molecule has 2 aromatic heterocycles. The van der Waals surface area contributed by atoms with Crippen LogP contribution in [-0.4, -0.2) is 19.3 Å². The Balaban J connectivity index is 2.09. The molecule has 0 amide bonds. The van der Waals surface area contributed by atoms with E-state index in [2.05, 4.69) is 33.1 Å². The average molecular weight is 233 g/mol. The Bertz CT molecular complexity index is 509. The molecule has 0 aliphatic rings. The molecule has 0 saturated carbocycles. The van der Waals surface area contributed by atoms with Gasteiger partial charge in [0.1, 0.15) is 0 Å². The Hall–Kier alpha value is -1.78. The average Bonchev–Trinajstić information content (AvgIpc) is 2.78.